The van der Waals surface area contributed by atoms with Gasteiger partial charge in [-0.2, -0.15) is 0 Å². The van der Waals surface area contributed by atoms with Gasteiger partial charge in [-0.25, -0.2) is 9.78 Å². The minimum Gasteiger partial charge on any atom is -0.480 e. The molecule has 4 bridgehead atoms. The molecule has 4 saturated carbocycles. The van der Waals surface area contributed by atoms with Crippen LogP contribution >= 0.6 is 0 Å². The van der Waals surface area contributed by atoms with Crippen LogP contribution in [0.5, 0.6) is 5.75 Å². The molecule has 31 heavy (non-hydrogen) atoms. The molecule has 0 aliphatic heterocycles. The van der Waals surface area contributed by atoms with Gasteiger partial charge in [0.1, 0.15) is 11.3 Å². The Balaban J connectivity index is 1.40. The molecule has 1 atom stereocenters. The Morgan fingerprint density at radius 3 is 2.39 bits per heavy atom. The Labute approximate surface area is 181 Å². The third kappa shape index (κ3) is 3.31. The lowest BCUT2D eigenvalue weighted by Crippen LogP contribution is -2.48. The highest BCUT2D eigenvalue weighted by Crippen LogP contribution is 2.60. The number of carbonyl (C=O) groups is 1. The number of nitrogens with zero attached hydrogens (tertiary/aromatic N) is 1. The lowest BCUT2D eigenvalue weighted by Gasteiger charge is -2.55. The van der Waals surface area contributed by atoms with Crippen molar-refractivity contribution in [3.8, 4) is 5.75 Å². The van der Waals surface area contributed by atoms with Crippen molar-refractivity contribution in [3.63, 3.8) is 0 Å². The summed E-state index contributed by atoms with van der Waals surface area (Å²) in [4.78, 5) is 16.8. The first kappa shape index (κ1) is 18.9. The van der Waals surface area contributed by atoms with Crippen LogP contribution in [0.4, 0.5) is 0 Å². The zero-order chi connectivity index (χ0) is 20.9. The Morgan fingerprint density at radius 2 is 1.71 bits per heavy atom. The molecule has 3 aromatic rings. The Kier molecular flexibility index (Phi) is 4.51. The SMILES string of the molecule is COC(=O)c1ccc2oc(C(Oc3ccccc3)C3C4CC5CC(C4)CC3C5)nc2c1. The summed E-state index contributed by atoms with van der Waals surface area (Å²) in [6, 6.07) is 15.3. The average molecular weight is 418 g/mol. The van der Waals surface area contributed by atoms with Gasteiger partial charge in [-0.05, 0) is 86.1 Å². The first-order valence-corrected chi connectivity index (χ1v) is 11.4. The second-order valence-electron chi connectivity index (χ2n) is 9.59. The second kappa shape index (κ2) is 7.40. The van der Waals surface area contributed by atoms with Crippen molar-refractivity contribution in [1.82, 2.24) is 4.98 Å². The van der Waals surface area contributed by atoms with Crippen LogP contribution in [-0.4, -0.2) is 18.1 Å². The van der Waals surface area contributed by atoms with Crippen LogP contribution in [0.2, 0.25) is 0 Å². The summed E-state index contributed by atoms with van der Waals surface area (Å²) in [5.41, 5.74) is 1.82. The number of esters is 1. The maximum absolute atomic E-state index is 11.9. The molecule has 4 aliphatic carbocycles. The van der Waals surface area contributed by atoms with E-state index >= 15 is 0 Å². The van der Waals surface area contributed by atoms with Crippen molar-refractivity contribution >= 4 is 17.1 Å². The molecule has 0 N–H and O–H groups in total. The van der Waals surface area contributed by atoms with E-state index in [0.29, 0.717) is 40.3 Å². The summed E-state index contributed by atoms with van der Waals surface area (Å²) in [6.45, 7) is 0. The molecule has 160 valence electrons. The van der Waals surface area contributed by atoms with E-state index in [0.717, 1.165) is 17.6 Å². The molecule has 1 aromatic heterocycles. The highest BCUT2D eigenvalue weighted by Gasteiger charge is 2.52. The molecule has 0 spiro atoms. The predicted octanol–water partition coefficient (Wildman–Crippen LogP) is 5.81. The zero-order valence-corrected chi connectivity index (χ0v) is 17.7. The Morgan fingerprint density at radius 1 is 1.00 bits per heavy atom. The van der Waals surface area contributed by atoms with Gasteiger partial charge < -0.3 is 13.9 Å². The minimum absolute atomic E-state index is 0.216. The maximum Gasteiger partial charge on any atom is 0.337 e. The van der Waals surface area contributed by atoms with Crippen molar-refractivity contribution < 1.29 is 18.7 Å². The fourth-order valence-electron chi connectivity index (χ4n) is 6.71. The number of hydrogen-bond donors (Lipinski definition) is 0. The highest BCUT2D eigenvalue weighted by molar-refractivity contribution is 5.93. The largest absolute Gasteiger partial charge is 0.480 e. The number of aromatic nitrogens is 1. The first-order chi connectivity index (χ1) is 15.2. The summed E-state index contributed by atoms with van der Waals surface area (Å²) in [7, 11) is 1.39. The quantitative estimate of drug-likeness (QED) is 0.491. The summed E-state index contributed by atoms with van der Waals surface area (Å²) < 4.78 is 17.7. The number of carbonyl (C=O) groups excluding carboxylic acids is 1. The number of oxazole rings is 1. The fraction of sp³-hybridized carbons (Fsp3) is 0.462. The van der Waals surface area contributed by atoms with E-state index in [-0.39, 0.29) is 12.1 Å². The van der Waals surface area contributed by atoms with E-state index in [1.165, 1.54) is 39.2 Å². The third-order valence-electron chi connectivity index (χ3n) is 7.72. The Bertz CT molecular complexity index is 1080. The summed E-state index contributed by atoms with van der Waals surface area (Å²) in [5, 5.41) is 0. The zero-order valence-electron chi connectivity index (χ0n) is 17.7. The molecule has 7 rings (SSSR count). The molecule has 0 saturated heterocycles. The van der Waals surface area contributed by atoms with E-state index in [2.05, 4.69) is 0 Å². The van der Waals surface area contributed by atoms with Crippen molar-refractivity contribution in [3.05, 3.63) is 60.0 Å². The van der Waals surface area contributed by atoms with E-state index < -0.39 is 0 Å². The number of ether oxygens (including phenoxy) is 2. The average Bonchev–Trinajstić information content (AvgIpc) is 3.21. The van der Waals surface area contributed by atoms with Gasteiger partial charge in [-0.15, -0.1) is 0 Å². The number of hydrogen-bond acceptors (Lipinski definition) is 5. The van der Waals surface area contributed by atoms with Gasteiger partial charge in [-0.1, -0.05) is 18.2 Å². The van der Waals surface area contributed by atoms with E-state index in [1.807, 2.05) is 30.3 Å². The molecule has 0 amide bonds. The first-order valence-electron chi connectivity index (χ1n) is 11.4. The topological polar surface area (TPSA) is 61.6 Å². The van der Waals surface area contributed by atoms with Crippen LogP contribution in [0, 0.1) is 29.6 Å². The highest BCUT2D eigenvalue weighted by atomic mass is 16.5. The Hall–Kier alpha value is -2.82. The van der Waals surface area contributed by atoms with Gasteiger partial charge in [-0.3, -0.25) is 0 Å². The van der Waals surface area contributed by atoms with Crippen LogP contribution in [-0.2, 0) is 4.74 Å². The van der Waals surface area contributed by atoms with Crippen LogP contribution in [0.3, 0.4) is 0 Å². The normalized spacial score (nSPS) is 29.8. The molecule has 2 aromatic carbocycles. The van der Waals surface area contributed by atoms with E-state index in [4.69, 9.17) is 18.9 Å². The number of benzene rings is 2. The standard InChI is InChI=1S/C26H27NO4/c1-29-26(28)17-7-8-22-21(14-17)27-25(31-22)24(30-20-5-3-2-4-6-20)23-18-10-15-9-16(12-18)13-19(23)11-15/h2-8,14-16,18-19,23-24H,9-13H2,1H3. The smallest absolute Gasteiger partial charge is 0.337 e. The van der Waals surface area contributed by atoms with E-state index in [9.17, 15) is 4.79 Å². The second-order valence-corrected chi connectivity index (χ2v) is 9.59. The molecule has 1 heterocycles. The predicted molar refractivity (Wildman–Crippen MR) is 116 cm³/mol. The van der Waals surface area contributed by atoms with Gasteiger partial charge in [0.2, 0.25) is 5.89 Å². The molecular weight excluding hydrogens is 390 g/mol. The lowest BCUT2D eigenvalue weighted by molar-refractivity contribution is -0.0891. The van der Waals surface area contributed by atoms with Crippen molar-refractivity contribution in [2.75, 3.05) is 7.11 Å². The van der Waals surface area contributed by atoms with Crippen molar-refractivity contribution in [2.24, 2.45) is 29.6 Å². The van der Waals surface area contributed by atoms with Crippen LogP contribution in [0.15, 0.2) is 52.9 Å². The molecule has 0 radical (unpaired) electrons. The van der Waals surface area contributed by atoms with Crippen molar-refractivity contribution in [1.29, 1.82) is 0 Å². The number of fused-ring (bicyclic) bond motifs is 1. The molecule has 4 fully saturated rings. The summed E-state index contributed by atoms with van der Waals surface area (Å²) in [6.07, 6.45) is 6.42. The van der Waals surface area contributed by atoms with Gasteiger partial charge in [0.05, 0.1) is 12.7 Å². The molecular formula is C26H27NO4. The number of para-hydroxylation sites is 1. The minimum atomic E-state index is -0.371. The fourth-order valence-corrected chi connectivity index (χ4v) is 6.71. The molecule has 4 aliphatic rings. The summed E-state index contributed by atoms with van der Waals surface area (Å²) >= 11 is 0. The third-order valence-corrected chi connectivity index (χ3v) is 7.72. The van der Waals surface area contributed by atoms with Gasteiger partial charge in [0.25, 0.3) is 0 Å². The van der Waals surface area contributed by atoms with Crippen LogP contribution in [0.1, 0.15) is 54.5 Å². The van der Waals surface area contributed by atoms with Gasteiger partial charge in [0.15, 0.2) is 11.7 Å². The number of methoxy groups -OCH3 is 1. The van der Waals surface area contributed by atoms with E-state index in [1.54, 1.807) is 18.2 Å². The molecule has 5 heteroatoms. The van der Waals surface area contributed by atoms with Gasteiger partial charge in [0, 0.05) is 5.92 Å². The molecule has 1 unspecified atom stereocenters. The van der Waals surface area contributed by atoms with Crippen LogP contribution in [0.25, 0.3) is 11.1 Å². The van der Waals surface area contributed by atoms with Crippen molar-refractivity contribution in [2.45, 2.75) is 38.2 Å². The lowest BCUT2D eigenvalue weighted by atomic mass is 9.51. The molecule has 5 nitrogen and oxygen atoms in total. The van der Waals surface area contributed by atoms with Gasteiger partial charge >= 0.3 is 5.97 Å². The monoisotopic (exact) mass is 417 g/mol. The maximum atomic E-state index is 11.9. The number of rotatable bonds is 5. The van der Waals surface area contributed by atoms with Crippen LogP contribution < -0.4 is 4.74 Å². The summed E-state index contributed by atoms with van der Waals surface area (Å²) in [5.74, 6) is 4.64.